The summed E-state index contributed by atoms with van der Waals surface area (Å²) in [6.07, 6.45) is 4.95. The van der Waals surface area contributed by atoms with Gasteiger partial charge < -0.3 is 9.64 Å². The molecule has 0 bridgehead atoms. The number of amides is 1. The van der Waals surface area contributed by atoms with Crippen molar-refractivity contribution in [3.8, 4) is 5.75 Å². The van der Waals surface area contributed by atoms with E-state index >= 15 is 0 Å². The molecule has 4 nitrogen and oxygen atoms in total. The Labute approximate surface area is 120 Å². The van der Waals surface area contributed by atoms with Crippen molar-refractivity contribution >= 4 is 12.1 Å². The first-order chi connectivity index (χ1) is 9.51. The molecule has 1 amide bonds. The van der Waals surface area contributed by atoms with E-state index in [4.69, 9.17) is 4.74 Å². The first kappa shape index (κ1) is 15.7. The molecular formula is C16H20N2O2. The van der Waals surface area contributed by atoms with Crippen molar-refractivity contribution in [2.75, 3.05) is 14.2 Å². The lowest BCUT2D eigenvalue weighted by molar-refractivity contribution is 0.0840. The summed E-state index contributed by atoms with van der Waals surface area (Å²) >= 11 is 0. The number of hydrogen-bond acceptors (Lipinski definition) is 3. The normalized spacial score (nSPS) is 11.0. The highest BCUT2D eigenvalue weighted by Gasteiger charge is 2.16. The lowest BCUT2D eigenvalue weighted by Crippen LogP contribution is -2.25. The van der Waals surface area contributed by atoms with Gasteiger partial charge in [-0.25, -0.2) is 0 Å². The van der Waals surface area contributed by atoms with Crippen LogP contribution < -0.4 is 4.74 Å². The quantitative estimate of drug-likeness (QED) is 0.610. The largest absolute Gasteiger partial charge is 0.497 e. The standard InChI is InChI=1S/C16H20N2O2/c1-6-17-10-9-13(3)18(4)16(19)15-11-14(20-5)8-7-12(15)2/h6-11H,3H2,1-2,4-5H3/b10-9-,17-6?. The number of benzene rings is 1. The maximum Gasteiger partial charge on any atom is 0.258 e. The van der Waals surface area contributed by atoms with Crippen molar-refractivity contribution in [2.45, 2.75) is 13.8 Å². The second-order valence-electron chi connectivity index (χ2n) is 4.26. The Morgan fingerprint density at radius 2 is 2.15 bits per heavy atom. The number of likely N-dealkylation sites (N-methyl/N-ethyl adjacent to an activating group) is 1. The number of aryl methyl sites for hydroxylation is 1. The van der Waals surface area contributed by atoms with Gasteiger partial charge in [-0.1, -0.05) is 12.6 Å². The summed E-state index contributed by atoms with van der Waals surface area (Å²) in [6.45, 7) is 7.57. The average Bonchev–Trinajstić information content (AvgIpc) is 2.46. The lowest BCUT2D eigenvalue weighted by atomic mass is 10.1. The van der Waals surface area contributed by atoms with Crippen molar-refractivity contribution in [3.63, 3.8) is 0 Å². The maximum atomic E-state index is 12.4. The van der Waals surface area contributed by atoms with E-state index in [0.29, 0.717) is 17.0 Å². The van der Waals surface area contributed by atoms with Crippen LogP contribution in [0.2, 0.25) is 0 Å². The van der Waals surface area contributed by atoms with Gasteiger partial charge in [-0.3, -0.25) is 9.79 Å². The van der Waals surface area contributed by atoms with Gasteiger partial charge in [0.15, 0.2) is 0 Å². The van der Waals surface area contributed by atoms with Gasteiger partial charge in [-0.2, -0.15) is 0 Å². The molecule has 0 saturated heterocycles. The van der Waals surface area contributed by atoms with Crippen molar-refractivity contribution in [2.24, 2.45) is 4.99 Å². The van der Waals surface area contributed by atoms with Crippen LogP contribution in [0.5, 0.6) is 5.75 Å². The minimum Gasteiger partial charge on any atom is -0.497 e. The monoisotopic (exact) mass is 272 g/mol. The van der Waals surface area contributed by atoms with Gasteiger partial charge in [0.05, 0.1) is 7.11 Å². The third kappa shape index (κ3) is 3.82. The Morgan fingerprint density at radius 3 is 2.75 bits per heavy atom. The van der Waals surface area contributed by atoms with Gasteiger partial charge in [0, 0.05) is 30.7 Å². The molecule has 0 heterocycles. The van der Waals surface area contributed by atoms with Gasteiger partial charge >= 0.3 is 0 Å². The van der Waals surface area contributed by atoms with Crippen LogP contribution in [0.1, 0.15) is 22.8 Å². The van der Waals surface area contributed by atoms with Crippen molar-refractivity contribution in [1.82, 2.24) is 4.90 Å². The SMILES string of the molecule is C=C(/C=C\N=CC)N(C)C(=O)c1cc(OC)ccc1C. The minimum absolute atomic E-state index is 0.128. The average molecular weight is 272 g/mol. The first-order valence-electron chi connectivity index (χ1n) is 6.27. The molecule has 0 aliphatic heterocycles. The Bertz CT molecular complexity index is 560. The van der Waals surface area contributed by atoms with Gasteiger partial charge in [-0.15, -0.1) is 0 Å². The highest BCUT2D eigenvalue weighted by atomic mass is 16.5. The Morgan fingerprint density at radius 1 is 1.45 bits per heavy atom. The van der Waals surface area contributed by atoms with Gasteiger partial charge in [0.1, 0.15) is 5.75 Å². The Kier molecular flexibility index (Phi) is 5.72. The summed E-state index contributed by atoms with van der Waals surface area (Å²) in [4.78, 5) is 17.9. The van der Waals surface area contributed by atoms with E-state index in [0.717, 1.165) is 5.56 Å². The van der Waals surface area contributed by atoms with Crippen molar-refractivity contribution < 1.29 is 9.53 Å². The van der Waals surface area contributed by atoms with E-state index in [9.17, 15) is 4.79 Å². The molecule has 0 radical (unpaired) electrons. The number of aliphatic imine (C=N–C) groups is 1. The zero-order valence-electron chi connectivity index (χ0n) is 12.4. The third-order valence-corrected chi connectivity index (χ3v) is 2.91. The maximum absolute atomic E-state index is 12.4. The van der Waals surface area contributed by atoms with Crippen LogP contribution in [0.25, 0.3) is 0 Å². The fourth-order valence-corrected chi connectivity index (χ4v) is 1.60. The van der Waals surface area contributed by atoms with Crippen LogP contribution in [0.15, 0.2) is 47.7 Å². The molecule has 20 heavy (non-hydrogen) atoms. The van der Waals surface area contributed by atoms with Crippen LogP contribution >= 0.6 is 0 Å². The van der Waals surface area contributed by atoms with Crippen LogP contribution in [-0.2, 0) is 0 Å². The number of hydrogen-bond donors (Lipinski definition) is 0. The fraction of sp³-hybridized carbons (Fsp3) is 0.250. The highest BCUT2D eigenvalue weighted by molar-refractivity contribution is 5.97. The molecular weight excluding hydrogens is 252 g/mol. The zero-order chi connectivity index (χ0) is 15.1. The number of carbonyl (C=O) groups excluding carboxylic acids is 1. The summed E-state index contributed by atoms with van der Waals surface area (Å²) in [5.41, 5.74) is 2.06. The van der Waals surface area contributed by atoms with Crippen LogP contribution in [-0.4, -0.2) is 31.2 Å². The van der Waals surface area contributed by atoms with Gasteiger partial charge in [0.25, 0.3) is 5.91 Å². The van der Waals surface area contributed by atoms with Gasteiger partial charge in [-0.05, 0) is 37.6 Å². The lowest BCUT2D eigenvalue weighted by Gasteiger charge is -2.18. The molecule has 0 spiro atoms. The summed E-state index contributed by atoms with van der Waals surface area (Å²) < 4.78 is 5.15. The molecule has 0 unspecified atom stereocenters. The van der Waals surface area contributed by atoms with Crippen LogP contribution in [0, 0.1) is 6.92 Å². The third-order valence-electron chi connectivity index (χ3n) is 2.91. The fourth-order valence-electron chi connectivity index (χ4n) is 1.60. The highest BCUT2D eigenvalue weighted by Crippen LogP contribution is 2.19. The number of methoxy groups -OCH3 is 1. The number of allylic oxidation sites excluding steroid dienone is 1. The molecule has 0 saturated carbocycles. The molecule has 0 aliphatic rings. The molecule has 1 aromatic carbocycles. The molecule has 4 heteroatoms. The molecule has 0 fully saturated rings. The van der Waals surface area contributed by atoms with E-state index in [1.54, 1.807) is 38.7 Å². The molecule has 106 valence electrons. The van der Waals surface area contributed by atoms with E-state index in [-0.39, 0.29) is 5.91 Å². The predicted molar refractivity (Wildman–Crippen MR) is 82.3 cm³/mol. The number of rotatable bonds is 5. The summed E-state index contributed by atoms with van der Waals surface area (Å²) in [5.74, 6) is 0.528. The number of ether oxygens (including phenoxy) is 1. The van der Waals surface area contributed by atoms with E-state index < -0.39 is 0 Å². The summed E-state index contributed by atoms with van der Waals surface area (Å²) in [7, 11) is 3.26. The van der Waals surface area contributed by atoms with Gasteiger partial charge in [0.2, 0.25) is 0 Å². The van der Waals surface area contributed by atoms with E-state index in [1.165, 1.54) is 4.90 Å². The number of nitrogens with zero attached hydrogens (tertiary/aromatic N) is 2. The summed E-state index contributed by atoms with van der Waals surface area (Å²) in [5, 5.41) is 0. The van der Waals surface area contributed by atoms with E-state index in [2.05, 4.69) is 11.6 Å². The second kappa shape index (κ2) is 7.28. The molecule has 0 aromatic heterocycles. The zero-order valence-corrected chi connectivity index (χ0v) is 12.4. The second-order valence-corrected chi connectivity index (χ2v) is 4.26. The molecule has 0 N–H and O–H groups in total. The smallest absolute Gasteiger partial charge is 0.258 e. The first-order valence-corrected chi connectivity index (χ1v) is 6.27. The topological polar surface area (TPSA) is 41.9 Å². The Balaban J connectivity index is 2.96. The molecule has 0 atom stereocenters. The van der Waals surface area contributed by atoms with Crippen molar-refractivity contribution in [3.05, 3.63) is 53.9 Å². The van der Waals surface area contributed by atoms with Crippen LogP contribution in [0.3, 0.4) is 0 Å². The van der Waals surface area contributed by atoms with E-state index in [1.807, 2.05) is 26.0 Å². The molecule has 1 aromatic rings. The Hall–Kier alpha value is -2.36. The summed E-state index contributed by atoms with van der Waals surface area (Å²) in [6, 6.07) is 5.42. The molecule has 1 rings (SSSR count). The predicted octanol–water partition coefficient (Wildman–Crippen LogP) is 3.19. The van der Waals surface area contributed by atoms with Crippen LogP contribution in [0.4, 0.5) is 0 Å². The molecule has 0 aliphatic carbocycles. The minimum atomic E-state index is -0.128. The number of carbonyl (C=O) groups is 1. The van der Waals surface area contributed by atoms with Crippen molar-refractivity contribution in [1.29, 1.82) is 0 Å².